The molecule has 1 aromatic heterocycles. The largest absolute Gasteiger partial charge is 0.325 e. The van der Waals surface area contributed by atoms with Crippen LogP contribution in [0.3, 0.4) is 0 Å². The van der Waals surface area contributed by atoms with Crippen molar-refractivity contribution in [1.29, 1.82) is 0 Å². The van der Waals surface area contributed by atoms with Crippen LogP contribution in [-0.4, -0.2) is 38.0 Å². The van der Waals surface area contributed by atoms with Gasteiger partial charge < -0.3 is 10.6 Å². The topological polar surface area (TPSA) is 104 Å². The maximum absolute atomic E-state index is 13.3. The number of anilines is 1. The molecular weight excluding hydrogens is 390 g/mol. The van der Waals surface area contributed by atoms with Crippen molar-refractivity contribution in [3.05, 3.63) is 53.6 Å². The number of urea groups is 1. The Bertz CT molecular complexity index is 1160. The third-order valence-corrected chi connectivity index (χ3v) is 6.06. The fourth-order valence-electron chi connectivity index (χ4n) is 4.20. The molecule has 4 amide bonds. The lowest BCUT2D eigenvalue weighted by Gasteiger charge is -2.33. The second kappa shape index (κ2) is 6.63. The zero-order valence-corrected chi connectivity index (χ0v) is 16.2. The van der Waals surface area contributed by atoms with E-state index >= 15 is 0 Å². The summed E-state index contributed by atoms with van der Waals surface area (Å²) in [7, 11) is 0. The van der Waals surface area contributed by atoms with Gasteiger partial charge in [0.1, 0.15) is 23.1 Å². The zero-order valence-electron chi connectivity index (χ0n) is 15.3. The molecular formula is C20H17N5O3S. The summed E-state index contributed by atoms with van der Waals surface area (Å²) >= 11 is 1.06. The molecule has 2 heterocycles. The van der Waals surface area contributed by atoms with Gasteiger partial charge in [0, 0.05) is 0 Å². The average Bonchev–Trinajstić information content (AvgIpc) is 3.29. The van der Waals surface area contributed by atoms with Gasteiger partial charge >= 0.3 is 6.03 Å². The van der Waals surface area contributed by atoms with Gasteiger partial charge in [-0.05, 0) is 42.5 Å². The Morgan fingerprint density at radius 1 is 1.17 bits per heavy atom. The molecule has 1 fully saturated rings. The average molecular weight is 407 g/mol. The highest BCUT2D eigenvalue weighted by atomic mass is 32.1. The number of aromatic nitrogens is 2. The highest BCUT2D eigenvalue weighted by Crippen LogP contribution is 2.39. The van der Waals surface area contributed by atoms with Crippen LogP contribution < -0.4 is 10.6 Å². The van der Waals surface area contributed by atoms with Gasteiger partial charge in [-0.1, -0.05) is 30.3 Å². The van der Waals surface area contributed by atoms with Gasteiger partial charge in [-0.2, -0.15) is 8.75 Å². The molecule has 146 valence electrons. The first-order valence-corrected chi connectivity index (χ1v) is 10.1. The van der Waals surface area contributed by atoms with Crippen LogP contribution in [0.1, 0.15) is 24.0 Å². The number of benzene rings is 2. The van der Waals surface area contributed by atoms with Crippen molar-refractivity contribution < 1.29 is 14.4 Å². The quantitative estimate of drug-likeness (QED) is 0.649. The van der Waals surface area contributed by atoms with Crippen LogP contribution in [0.15, 0.2) is 42.5 Å². The Morgan fingerprint density at radius 3 is 2.93 bits per heavy atom. The summed E-state index contributed by atoms with van der Waals surface area (Å²) in [5, 5.41) is 5.60. The molecule has 1 aliphatic carbocycles. The number of carbonyl (C=O) groups excluding carboxylic acids is 3. The smallest absolute Gasteiger partial charge is 0.323 e. The van der Waals surface area contributed by atoms with Crippen molar-refractivity contribution in [1.82, 2.24) is 19.0 Å². The molecule has 1 spiro atoms. The molecule has 1 atom stereocenters. The van der Waals surface area contributed by atoms with Crippen LogP contribution in [-0.2, 0) is 21.5 Å². The second-order valence-corrected chi connectivity index (χ2v) is 7.75. The summed E-state index contributed by atoms with van der Waals surface area (Å²) in [6, 6.07) is 12.4. The van der Waals surface area contributed by atoms with Crippen molar-refractivity contribution in [3.63, 3.8) is 0 Å². The Morgan fingerprint density at radius 2 is 2.03 bits per heavy atom. The number of hydrogen-bond donors (Lipinski definition) is 2. The molecule has 2 N–H and O–H groups in total. The molecule has 3 aromatic rings. The number of nitrogens with zero attached hydrogens (tertiary/aromatic N) is 3. The first-order chi connectivity index (χ1) is 14.1. The Kier molecular flexibility index (Phi) is 4.06. The van der Waals surface area contributed by atoms with Crippen molar-refractivity contribution in [2.24, 2.45) is 0 Å². The van der Waals surface area contributed by atoms with E-state index in [2.05, 4.69) is 19.4 Å². The normalized spacial score (nSPS) is 20.8. The van der Waals surface area contributed by atoms with E-state index in [1.807, 2.05) is 24.3 Å². The zero-order chi connectivity index (χ0) is 20.0. The first kappa shape index (κ1) is 17.7. The van der Waals surface area contributed by atoms with E-state index < -0.39 is 17.5 Å². The number of hydrogen-bond acceptors (Lipinski definition) is 6. The van der Waals surface area contributed by atoms with Gasteiger partial charge in [0.05, 0.1) is 17.4 Å². The number of aryl methyl sites for hydroxylation is 1. The third kappa shape index (κ3) is 2.77. The van der Waals surface area contributed by atoms with Gasteiger partial charge in [-0.25, -0.2) is 4.79 Å². The van der Waals surface area contributed by atoms with Crippen LogP contribution in [0, 0.1) is 0 Å². The lowest BCUT2D eigenvalue weighted by atomic mass is 9.76. The van der Waals surface area contributed by atoms with Crippen molar-refractivity contribution >= 4 is 46.3 Å². The number of imide groups is 1. The fourth-order valence-corrected chi connectivity index (χ4v) is 4.75. The van der Waals surface area contributed by atoms with E-state index in [1.165, 1.54) is 0 Å². The SMILES string of the molecule is O=C(CN1C(=O)N[C@]2(CCCc3ccccc32)C1=O)Nc1cccc2nsnc12. The molecule has 0 radical (unpaired) electrons. The van der Waals surface area contributed by atoms with E-state index in [0.717, 1.165) is 40.6 Å². The predicted molar refractivity (Wildman–Crippen MR) is 107 cm³/mol. The van der Waals surface area contributed by atoms with Crippen molar-refractivity contribution in [2.75, 3.05) is 11.9 Å². The minimum absolute atomic E-state index is 0.359. The third-order valence-electron chi connectivity index (χ3n) is 5.51. The predicted octanol–water partition coefficient (Wildman–Crippen LogP) is 2.41. The van der Waals surface area contributed by atoms with Gasteiger partial charge in [0.25, 0.3) is 5.91 Å². The summed E-state index contributed by atoms with van der Waals surface area (Å²) in [6.07, 6.45) is 2.19. The Hall–Kier alpha value is -3.33. The van der Waals surface area contributed by atoms with Gasteiger partial charge in [0.15, 0.2) is 0 Å². The van der Waals surface area contributed by atoms with Crippen LogP contribution >= 0.6 is 11.7 Å². The van der Waals surface area contributed by atoms with E-state index in [-0.39, 0.29) is 12.5 Å². The summed E-state index contributed by atoms with van der Waals surface area (Å²) in [5.41, 5.74) is 2.57. The fraction of sp³-hybridized carbons (Fsp3) is 0.250. The van der Waals surface area contributed by atoms with Gasteiger partial charge in [-0.3, -0.25) is 14.5 Å². The summed E-state index contributed by atoms with van der Waals surface area (Å²) in [4.78, 5) is 39.5. The number of fused-ring (bicyclic) bond motifs is 3. The van der Waals surface area contributed by atoms with Gasteiger partial charge in [-0.15, -0.1) is 0 Å². The van der Waals surface area contributed by atoms with E-state index in [9.17, 15) is 14.4 Å². The molecule has 8 nitrogen and oxygen atoms in total. The standard InChI is InChI=1S/C20H17N5O3S/c26-16(21-14-8-3-9-15-17(14)24-29-23-15)11-25-18(27)20(22-19(25)28)10-4-6-12-5-1-2-7-13(12)20/h1-3,5,7-9H,4,6,10-11H2,(H,21,26)(H,22,28)/t20-/m0/s1. The highest BCUT2D eigenvalue weighted by molar-refractivity contribution is 7.00. The number of nitrogens with one attached hydrogen (secondary N) is 2. The number of rotatable bonds is 3. The molecule has 0 bridgehead atoms. The van der Waals surface area contributed by atoms with Crippen molar-refractivity contribution in [3.8, 4) is 0 Å². The molecule has 5 rings (SSSR count). The highest BCUT2D eigenvalue weighted by Gasteiger charge is 2.54. The maximum Gasteiger partial charge on any atom is 0.325 e. The summed E-state index contributed by atoms with van der Waals surface area (Å²) < 4.78 is 8.33. The van der Waals surface area contributed by atoms with Gasteiger partial charge in [0.2, 0.25) is 5.91 Å². The monoisotopic (exact) mass is 407 g/mol. The summed E-state index contributed by atoms with van der Waals surface area (Å²) in [6.45, 7) is -0.359. The first-order valence-electron chi connectivity index (χ1n) is 9.32. The van der Waals surface area contributed by atoms with E-state index in [0.29, 0.717) is 23.1 Å². The van der Waals surface area contributed by atoms with Crippen LogP contribution in [0.2, 0.25) is 0 Å². The second-order valence-electron chi connectivity index (χ2n) is 7.22. The molecule has 29 heavy (non-hydrogen) atoms. The maximum atomic E-state index is 13.3. The van der Waals surface area contributed by atoms with E-state index in [1.54, 1.807) is 18.2 Å². The minimum Gasteiger partial charge on any atom is -0.323 e. The number of amides is 4. The summed E-state index contributed by atoms with van der Waals surface area (Å²) in [5.74, 6) is -0.839. The van der Waals surface area contributed by atoms with Crippen molar-refractivity contribution in [2.45, 2.75) is 24.8 Å². The molecule has 1 saturated heterocycles. The molecule has 2 aliphatic rings. The molecule has 9 heteroatoms. The van der Waals surface area contributed by atoms with E-state index in [4.69, 9.17) is 0 Å². The minimum atomic E-state index is -1.08. The van der Waals surface area contributed by atoms with Crippen LogP contribution in [0.4, 0.5) is 10.5 Å². The Balaban J connectivity index is 1.39. The van der Waals surface area contributed by atoms with Crippen LogP contribution in [0.25, 0.3) is 11.0 Å². The molecule has 0 unspecified atom stereocenters. The molecule has 2 aromatic carbocycles. The lowest BCUT2D eigenvalue weighted by molar-refractivity contribution is -0.134. The lowest BCUT2D eigenvalue weighted by Crippen LogP contribution is -2.47. The number of carbonyl (C=O) groups is 3. The molecule has 1 aliphatic heterocycles. The molecule has 0 saturated carbocycles. The Labute approximate surface area is 170 Å². The van der Waals surface area contributed by atoms with Crippen LogP contribution in [0.5, 0.6) is 0 Å².